The van der Waals surface area contributed by atoms with Crippen molar-refractivity contribution in [1.82, 2.24) is 14.7 Å². The maximum absolute atomic E-state index is 12.3. The predicted octanol–water partition coefficient (Wildman–Crippen LogP) is 3.59. The van der Waals surface area contributed by atoms with Crippen molar-refractivity contribution in [2.24, 2.45) is 11.7 Å². The quantitative estimate of drug-likeness (QED) is 0.678. The number of likely N-dealkylation sites (tertiary alicyclic amines) is 1. The molecule has 1 aromatic rings. The Bertz CT molecular complexity index is 774. The summed E-state index contributed by atoms with van der Waals surface area (Å²) in [6, 6.07) is 9.82. The number of ether oxygens (including phenoxy) is 1. The summed E-state index contributed by atoms with van der Waals surface area (Å²) in [4.78, 5) is 19.0. The first-order valence-electron chi connectivity index (χ1n) is 11.3. The van der Waals surface area contributed by atoms with E-state index in [2.05, 4.69) is 16.4 Å². The van der Waals surface area contributed by atoms with E-state index in [0.29, 0.717) is 12.5 Å². The van der Waals surface area contributed by atoms with Crippen LogP contribution in [-0.2, 0) is 11.3 Å². The molecule has 2 fully saturated rings. The first-order valence-corrected chi connectivity index (χ1v) is 11.3. The van der Waals surface area contributed by atoms with E-state index in [4.69, 9.17) is 10.5 Å². The Balaban J connectivity index is 1.33. The van der Waals surface area contributed by atoms with Crippen LogP contribution < -0.4 is 5.73 Å². The molecule has 2 saturated heterocycles. The highest BCUT2D eigenvalue weighted by atomic mass is 16.6. The number of carbonyl (C=O) groups is 1. The standard InChI is InChI=1S/C25H36N4O2/c1-3-24(26)10-9-21(2)28-13-11-22(12-14-28)19-27-15-17-29(18-16-27)25(30)31-20-23-7-5-4-6-8-23/h3-10,22H,2,11-20,26H2,1H3/b10-9-,24-3+. The van der Waals surface area contributed by atoms with Crippen LogP contribution in [0.15, 0.2) is 66.5 Å². The second-order valence-corrected chi connectivity index (χ2v) is 8.37. The number of amides is 1. The van der Waals surface area contributed by atoms with Crippen molar-refractivity contribution in [3.63, 3.8) is 0 Å². The number of hydrogen-bond acceptors (Lipinski definition) is 5. The molecule has 2 aliphatic heterocycles. The van der Waals surface area contributed by atoms with Crippen molar-refractivity contribution in [1.29, 1.82) is 0 Å². The molecule has 6 nitrogen and oxygen atoms in total. The summed E-state index contributed by atoms with van der Waals surface area (Å²) in [5, 5.41) is 0. The lowest BCUT2D eigenvalue weighted by Gasteiger charge is -2.39. The average molecular weight is 425 g/mol. The van der Waals surface area contributed by atoms with E-state index in [9.17, 15) is 4.79 Å². The normalized spacial score (nSPS) is 19.1. The Hall–Kier alpha value is -2.73. The lowest BCUT2D eigenvalue weighted by molar-refractivity contribution is 0.0641. The van der Waals surface area contributed by atoms with Crippen LogP contribution >= 0.6 is 0 Å². The Labute approximate surface area is 186 Å². The minimum Gasteiger partial charge on any atom is -0.445 e. The van der Waals surface area contributed by atoms with Gasteiger partial charge in [-0.25, -0.2) is 4.79 Å². The summed E-state index contributed by atoms with van der Waals surface area (Å²) < 4.78 is 5.47. The lowest BCUT2D eigenvalue weighted by atomic mass is 9.95. The molecule has 2 heterocycles. The summed E-state index contributed by atoms with van der Waals surface area (Å²) in [5.74, 6) is 0.699. The highest BCUT2D eigenvalue weighted by Gasteiger charge is 2.26. The van der Waals surface area contributed by atoms with Crippen molar-refractivity contribution >= 4 is 6.09 Å². The van der Waals surface area contributed by atoms with Gasteiger partial charge in [0.15, 0.2) is 0 Å². The molecule has 0 unspecified atom stereocenters. The Morgan fingerprint density at radius 2 is 1.74 bits per heavy atom. The van der Waals surface area contributed by atoms with Gasteiger partial charge in [0, 0.05) is 57.2 Å². The number of carbonyl (C=O) groups excluding carboxylic acids is 1. The zero-order valence-electron chi connectivity index (χ0n) is 18.7. The van der Waals surface area contributed by atoms with Crippen LogP contribution in [0.4, 0.5) is 4.79 Å². The van der Waals surface area contributed by atoms with Crippen LogP contribution in [0, 0.1) is 5.92 Å². The average Bonchev–Trinajstić information content (AvgIpc) is 2.82. The number of benzene rings is 1. The highest BCUT2D eigenvalue weighted by molar-refractivity contribution is 5.67. The van der Waals surface area contributed by atoms with E-state index in [1.807, 2.05) is 60.4 Å². The van der Waals surface area contributed by atoms with Crippen LogP contribution in [-0.4, -0.2) is 66.6 Å². The number of allylic oxidation sites excluding steroid dienone is 3. The minimum absolute atomic E-state index is 0.207. The fraction of sp³-hybridized carbons (Fsp3) is 0.480. The van der Waals surface area contributed by atoms with E-state index < -0.39 is 0 Å². The largest absolute Gasteiger partial charge is 0.445 e. The molecule has 6 heteroatoms. The fourth-order valence-corrected chi connectivity index (χ4v) is 4.09. The number of piperazine rings is 1. The van der Waals surface area contributed by atoms with Crippen molar-refractivity contribution in [2.45, 2.75) is 26.4 Å². The van der Waals surface area contributed by atoms with E-state index in [0.717, 1.165) is 62.8 Å². The third kappa shape index (κ3) is 7.17. The van der Waals surface area contributed by atoms with E-state index in [1.54, 1.807) is 0 Å². The van der Waals surface area contributed by atoms with Gasteiger partial charge in [0.25, 0.3) is 0 Å². The molecule has 2 aliphatic rings. The Kier molecular flexibility index (Phi) is 8.59. The maximum atomic E-state index is 12.3. The second kappa shape index (κ2) is 11.6. The molecule has 0 aromatic heterocycles. The molecule has 31 heavy (non-hydrogen) atoms. The molecule has 3 rings (SSSR count). The Morgan fingerprint density at radius 3 is 2.39 bits per heavy atom. The number of nitrogens with zero attached hydrogens (tertiary/aromatic N) is 3. The van der Waals surface area contributed by atoms with Crippen molar-refractivity contribution in [3.05, 3.63) is 72.1 Å². The van der Waals surface area contributed by atoms with Gasteiger partial charge in [-0.2, -0.15) is 0 Å². The van der Waals surface area contributed by atoms with Gasteiger partial charge in [0.05, 0.1) is 0 Å². The number of rotatable bonds is 7. The first kappa shape index (κ1) is 22.9. The fourth-order valence-electron chi connectivity index (χ4n) is 4.09. The lowest BCUT2D eigenvalue weighted by Crippen LogP contribution is -2.50. The summed E-state index contributed by atoms with van der Waals surface area (Å²) in [6.07, 6.45) is 7.95. The SMILES string of the molecule is C=C(/C=C\C(N)=C/C)N1CCC(CN2CCN(C(=O)OCc3ccccc3)CC2)CC1. The van der Waals surface area contributed by atoms with Gasteiger partial charge in [0.1, 0.15) is 6.61 Å². The molecule has 0 bridgehead atoms. The van der Waals surface area contributed by atoms with Gasteiger partial charge >= 0.3 is 6.09 Å². The molecule has 2 N–H and O–H groups in total. The molecule has 0 spiro atoms. The van der Waals surface area contributed by atoms with Gasteiger partial charge in [-0.15, -0.1) is 0 Å². The summed E-state index contributed by atoms with van der Waals surface area (Å²) >= 11 is 0. The third-order valence-electron chi connectivity index (χ3n) is 6.17. The number of piperidine rings is 1. The number of nitrogens with two attached hydrogens (primary N) is 1. The highest BCUT2D eigenvalue weighted by Crippen LogP contribution is 2.22. The summed E-state index contributed by atoms with van der Waals surface area (Å²) in [7, 11) is 0. The van der Waals surface area contributed by atoms with Gasteiger partial charge in [-0.1, -0.05) is 43.0 Å². The topological polar surface area (TPSA) is 62.0 Å². The zero-order valence-corrected chi connectivity index (χ0v) is 18.7. The van der Waals surface area contributed by atoms with E-state index in [1.165, 1.54) is 12.8 Å². The van der Waals surface area contributed by atoms with Gasteiger partial charge in [0.2, 0.25) is 0 Å². The van der Waals surface area contributed by atoms with Crippen molar-refractivity contribution in [2.75, 3.05) is 45.8 Å². The van der Waals surface area contributed by atoms with Gasteiger partial charge < -0.3 is 20.3 Å². The summed E-state index contributed by atoms with van der Waals surface area (Å²) in [5.41, 5.74) is 8.64. The monoisotopic (exact) mass is 424 g/mol. The van der Waals surface area contributed by atoms with Crippen molar-refractivity contribution < 1.29 is 9.53 Å². The minimum atomic E-state index is -0.207. The van der Waals surface area contributed by atoms with Crippen molar-refractivity contribution in [3.8, 4) is 0 Å². The first-order chi connectivity index (χ1) is 15.0. The molecular formula is C25H36N4O2. The predicted molar refractivity (Wildman–Crippen MR) is 125 cm³/mol. The van der Waals surface area contributed by atoms with Gasteiger partial charge in [-0.05, 0) is 43.4 Å². The van der Waals surface area contributed by atoms with Crippen LogP contribution in [0.2, 0.25) is 0 Å². The molecule has 1 amide bonds. The van der Waals surface area contributed by atoms with E-state index >= 15 is 0 Å². The van der Waals surface area contributed by atoms with Crippen LogP contribution in [0.3, 0.4) is 0 Å². The molecule has 0 atom stereocenters. The van der Waals surface area contributed by atoms with Gasteiger partial charge in [-0.3, -0.25) is 4.90 Å². The van der Waals surface area contributed by atoms with Crippen LogP contribution in [0.5, 0.6) is 0 Å². The van der Waals surface area contributed by atoms with E-state index in [-0.39, 0.29) is 6.09 Å². The number of hydrogen-bond donors (Lipinski definition) is 1. The molecule has 168 valence electrons. The van der Waals surface area contributed by atoms with Crippen LogP contribution in [0.1, 0.15) is 25.3 Å². The molecular weight excluding hydrogens is 388 g/mol. The molecule has 0 saturated carbocycles. The maximum Gasteiger partial charge on any atom is 0.410 e. The second-order valence-electron chi connectivity index (χ2n) is 8.37. The smallest absolute Gasteiger partial charge is 0.410 e. The Morgan fingerprint density at radius 1 is 1.06 bits per heavy atom. The molecule has 0 aliphatic carbocycles. The summed E-state index contributed by atoms with van der Waals surface area (Å²) in [6.45, 7) is 12.9. The zero-order chi connectivity index (χ0) is 22.1. The molecule has 0 radical (unpaired) electrons. The third-order valence-corrected chi connectivity index (χ3v) is 6.17. The molecule has 1 aromatic carbocycles. The van der Waals surface area contributed by atoms with Crippen LogP contribution in [0.25, 0.3) is 0 Å².